The van der Waals surface area contributed by atoms with Crippen LogP contribution in [0.1, 0.15) is 11.3 Å². The van der Waals surface area contributed by atoms with Crippen LogP contribution >= 0.6 is 26.6 Å². The molecule has 4 nitrogen and oxygen atoms in total. The van der Waals surface area contributed by atoms with Crippen LogP contribution in [0.2, 0.25) is 0 Å². The smallest absolute Gasteiger partial charge is 0.265 e. The third kappa shape index (κ3) is 4.43. The molecule has 0 aliphatic carbocycles. The number of benzene rings is 1. The summed E-state index contributed by atoms with van der Waals surface area (Å²) in [6, 6.07) is 8.83. The third-order valence-corrected chi connectivity index (χ3v) is 4.58. The topological polar surface area (TPSA) is 56.3 Å². The number of hydrogen-bond acceptors (Lipinski definition) is 4. The Morgan fingerprint density at radius 2 is 2.10 bits per heavy atom. The number of ether oxygens (including phenoxy) is 1. The minimum absolute atomic E-state index is 0.0305. The number of nitrogens with zero attached hydrogens (tertiary/aromatic N) is 1. The van der Waals surface area contributed by atoms with E-state index in [0.29, 0.717) is 23.1 Å². The van der Waals surface area contributed by atoms with Gasteiger partial charge in [0.05, 0.1) is 6.61 Å². The third-order valence-electron chi connectivity index (χ3n) is 2.80. The van der Waals surface area contributed by atoms with Gasteiger partial charge in [-0.05, 0) is 36.8 Å². The van der Waals surface area contributed by atoms with Gasteiger partial charge < -0.3 is 4.74 Å². The van der Waals surface area contributed by atoms with Crippen LogP contribution in [-0.2, 0) is 15.5 Å². The average molecular weight is 391 g/mol. The fourth-order valence-electron chi connectivity index (χ4n) is 1.87. The van der Waals surface area contributed by atoms with Gasteiger partial charge in [-0.2, -0.15) is 0 Å². The Morgan fingerprint density at radius 1 is 1.33 bits per heavy atom. The highest BCUT2D eigenvalue weighted by molar-refractivity contribution is 9.10. The lowest BCUT2D eigenvalue weighted by Crippen LogP contribution is -2.07. The van der Waals surface area contributed by atoms with Crippen LogP contribution in [0.4, 0.5) is 0 Å². The van der Waals surface area contributed by atoms with Crippen LogP contribution in [0.25, 0.3) is 0 Å². The summed E-state index contributed by atoms with van der Waals surface area (Å²) in [5.74, 6) is 0.282. The van der Waals surface area contributed by atoms with Gasteiger partial charge in [-0.1, -0.05) is 22.0 Å². The van der Waals surface area contributed by atoms with Gasteiger partial charge in [0.2, 0.25) is 0 Å². The highest BCUT2D eigenvalue weighted by atomic mass is 79.9. The molecule has 112 valence electrons. The molecule has 0 aliphatic rings. The summed E-state index contributed by atoms with van der Waals surface area (Å²) in [6.45, 7) is 2.09. The van der Waals surface area contributed by atoms with Crippen molar-refractivity contribution in [2.45, 2.75) is 18.2 Å². The van der Waals surface area contributed by atoms with Gasteiger partial charge in [0.1, 0.15) is 10.6 Å². The van der Waals surface area contributed by atoms with Crippen molar-refractivity contribution >= 4 is 35.7 Å². The zero-order chi connectivity index (χ0) is 15.5. The first-order valence-electron chi connectivity index (χ1n) is 6.15. The monoisotopic (exact) mass is 389 g/mol. The predicted molar refractivity (Wildman–Crippen MR) is 85.4 cm³/mol. The average Bonchev–Trinajstić information content (AvgIpc) is 2.41. The van der Waals surface area contributed by atoms with Crippen LogP contribution in [0, 0.1) is 6.92 Å². The SMILES string of the molecule is Cc1cc(Br)cc(S(=O)(=O)Cl)c1OCCc1ccccn1. The first-order chi connectivity index (χ1) is 9.88. The Kier molecular flexibility index (Phi) is 5.24. The number of aryl methyl sites for hydroxylation is 1. The van der Waals surface area contributed by atoms with Crippen LogP contribution in [0.3, 0.4) is 0 Å². The number of halogens is 2. The summed E-state index contributed by atoms with van der Waals surface area (Å²) in [6.07, 6.45) is 2.28. The fourth-order valence-corrected chi connectivity index (χ4v) is 3.65. The molecule has 0 N–H and O–H groups in total. The Bertz CT molecular complexity index is 735. The zero-order valence-electron chi connectivity index (χ0n) is 11.2. The molecule has 1 aromatic heterocycles. The van der Waals surface area contributed by atoms with E-state index in [1.165, 1.54) is 6.07 Å². The van der Waals surface area contributed by atoms with E-state index in [-0.39, 0.29) is 10.6 Å². The lowest BCUT2D eigenvalue weighted by molar-refractivity contribution is 0.310. The highest BCUT2D eigenvalue weighted by Crippen LogP contribution is 2.33. The van der Waals surface area contributed by atoms with Crippen LogP contribution in [0.5, 0.6) is 5.75 Å². The Hall–Kier alpha value is -1.11. The quantitative estimate of drug-likeness (QED) is 0.730. The molecule has 0 atom stereocenters. The van der Waals surface area contributed by atoms with Crippen molar-refractivity contribution in [1.82, 2.24) is 4.98 Å². The molecule has 21 heavy (non-hydrogen) atoms. The molecule has 7 heteroatoms. The van der Waals surface area contributed by atoms with Gasteiger partial charge in [-0.15, -0.1) is 0 Å². The van der Waals surface area contributed by atoms with Crippen molar-refractivity contribution in [3.63, 3.8) is 0 Å². The number of hydrogen-bond donors (Lipinski definition) is 0. The lowest BCUT2D eigenvalue weighted by atomic mass is 10.2. The summed E-state index contributed by atoms with van der Waals surface area (Å²) < 4.78 is 29.6. The van der Waals surface area contributed by atoms with Crippen LogP contribution < -0.4 is 4.74 Å². The molecule has 2 rings (SSSR count). The van der Waals surface area contributed by atoms with Crippen molar-refractivity contribution in [1.29, 1.82) is 0 Å². The molecule has 0 saturated carbocycles. The van der Waals surface area contributed by atoms with E-state index in [0.717, 1.165) is 5.69 Å². The molecule has 0 bridgehead atoms. The number of aromatic nitrogens is 1. The molecular weight excluding hydrogens is 378 g/mol. The van der Waals surface area contributed by atoms with Crippen molar-refractivity contribution in [2.24, 2.45) is 0 Å². The summed E-state index contributed by atoms with van der Waals surface area (Å²) in [7, 11) is 1.59. The Labute approximate surface area is 136 Å². The Balaban J connectivity index is 2.20. The van der Waals surface area contributed by atoms with E-state index in [1.807, 2.05) is 18.2 Å². The minimum atomic E-state index is -3.87. The van der Waals surface area contributed by atoms with Crippen LogP contribution in [0.15, 0.2) is 45.9 Å². The van der Waals surface area contributed by atoms with Crippen molar-refractivity contribution in [3.05, 3.63) is 52.3 Å². The summed E-state index contributed by atoms with van der Waals surface area (Å²) in [5.41, 5.74) is 1.58. The van der Waals surface area contributed by atoms with E-state index >= 15 is 0 Å². The van der Waals surface area contributed by atoms with E-state index < -0.39 is 9.05 Å². The highest BCUT2D eigenvalue weighted by Gasteiger charge is 2.20. The second-order valence-corrected chi connectivity index (χ2v) is 7.86. The normalized spacial score (nSPS) is 11.4. The summed E-state index contributed by atoms with van der Waals surface area (Å²) in [4.78, 5) is 4.16. The first-order valence-corrected chi connectivity index (χ1v) is 9.25. The van der Waals surface area contributed by atoms with Crippen molar-refractivity contribution in [2.75, 3.05) is 6.61 Å². The molecule has 0 fully saturated rings. The van der Waals surface area contributed by atoms with Gasteiger partial charge in [-0.25, -0.2) is 8.42 Å². The van der Waals surface area contributed by atoms with E-state index in [4.69, 9.17) is 15.4 Å². The summed E-state index contributed by atoms with van der Waals surface area (Å²) in [5, 5.41) is 0. The predicted octanol–water partition coefficient (Wildman–Crippen LogP) is 3.70. The molecule has 1 heterocycles. The molecule has 0 aliphatic heterocycles. The maximum Gasteiger partial charge on any atom is 0.265 e. The minimum Gasteiger partial charge on any atom is -0.491 e. The summed E-state index contributed by atoms with van der Waals surface area (Å²) >= 11 is 3.26. The molecule has 0 spiro atoms. The number of pyridine rings is 1. The molecule has 0 unspecified atom stereocenters. The molecule has 0 amide bonds. The van der Waals surface area contributed by atoms with Gasteiger partial charge in [-0.3, -0.25) is 4.98 Å². The standard InChI is InChI=1S/C14H13BrClNO3S/c1-10-8-11(15)9-13(21(16,18)19)14(10)20-7-5-12-4-2-3-6-17-12/h2-4,6,8-9H,5,7H2,1H3. The molecule has 0 saturated heterocycles. The van der Waals surface area contributed by atoms with E-state index in [9.17, 15) is 8.42 Å². The molecule has 2 aromatic rings. The van der Waals surface area contributed by atoms with Crippen molar-refractivity contribution in [3.8, 4) is 5.75 Å². The maximum absolute atomic E-state index is 11.6. The van der Waals surface area contributed by atoms with Gasteiger partial charge in [0.15, 0.2) is 0 Å². The second-order valence-electron chi connectivity index (χ2n) is 4.41. The van der Waals surface area contributed by atoms with Gasteiger partial charge in [0.25, 0.3) is 9.05 Å². The lowest BCUT2D eigenvalue weighted by Gasteiger charge is -2.13. The molecule has 0 radical (unpaired) electrons. The largest absolute Gasteiger partial charge is 0.491 e. The number of rotatable bonds is 5. The fraction of sp³-hybridized carbons (Fsp3) is 0.214. The molecule has 1 aromatic carbocycles. The van der Waals surface area contributed by atoms with Crippen molar-refractivity contribution < 1.29 is 13.2 Å². The zero-order valence-corrected chi connectivity index (χ0v) is 14.4. The van der Waals surface area contributed by atoms with E-state index in [2.05, 4.69) is 20.9 Å². The maximum atomic E-state index is 11.6. The van der Waals surface area contributed by atoms with Crippen LogP contribution in [-0.4, -0.2) is 20.0 Å². The second kappa shape index (κ2) is 6.77. The van der Waals surface area contributed by atoms with Gasteiger partial charge in [0, 0.05) is 33.5 Å². The van der Waals surface area contributed by atoms with E-state index in [1.54, 1.807) is 19.2 Å². The first kappa shape index (κ1) is 16.3. The Morgan fingerprint density at radius 3 is 2.71 bits per heavy atom. The molecular formula is C14H13BrClNO3S. The van der Waals surface area contributed by atoms with Gasteiger partial charge >= 0.3 is 0 Å².